The van der Waals surface area contributed by atoms with Gasteiger partial charge in [-0.1, -0.05) is 13.0 Å². The molecule has 0 amide bonds. The maximum Gasteiger partial charge on any atom is 0.0510 e. The molecular formula is C16H25BrN2O. The fraction of sp³-hybridized carbons (Fsp3) is 0.625. The molecule has 0 saturated carbocycles. The number of benzene rings is 1. The highest BCUT2D eigenvalue weighted by Crippen LogP contribution is 2.32. The number of halogens is 1. The van der Waals surface area contributed by atoms with E-state index in [0.717, 1.165) is 36.9 Å². The third-order valence-electron chi connectivity index (χ3n) is 4.10. The number of anilines is 1. The molecule has 2 atom stereocenters. The average Bonchev–Trinajstić information content (AvgIpc) is 2.47. The summed E-state index contributed by atoms with van der Waals surface area (Å²) in [6.07, 6.45) is 2.30. The van der Waals surface area contributed by atoms with Crippen LogP contribution in [0.15, 0.2) is 22.7 Å². The molecule has 0 aliphatic carbocycles. The zero-order valence-electron chi connectivity index (χ0n) is 12.4. The van der Waals surface area contributed by atoms with Crippen LogP contribution in [0.5, 0.6) is 0 Å². The van der Waals surface area contributed by atoms with Crippen LogP contribution < -0.4 is 10.2 Å². The Morgan fingerprint density at radius 1 is 1.50 bits per heavy atom. The first-order chi connectivity index (χ1) is 9.65. The Morgan fingerprint density at radius 2 is 2.30 bits per heavy atom. The molecule has 2 N–H and O–H groups in total. The maximum atomic E-state index is 9.35. The number of piperidine rings is 1. The number of rotatable bonds is 5. The monoisotopic (exact) mass is 340 g/mol. The minimum absolute atomic E-state index is 0.295. The van der Waals surface area contributed by atoms with Crippen molar-refractivity contribution in [3.05, 3.63) is 28.2 Å². The van der Waals surface area contributed by atoms with Crippen LogP contribution in [0.1, 0.15) is 38.3 Å². The molecule has 4 heteroatoms. The van der Waals surface area contributed by atoms with Crippen LogP contribution in [0.25, 0.3) is 0 Å². The van der Waals surface area contributed by atoms with E-state index in [9.17, 15) is 5.11 Å². The number of hydrogen-bond acceptors (Lipinski definition) is 3. The highest BCUT2D eigenvalue weighted by molar-refractivity contribution is 9.10. The Kier molecular flexibility index (Phi) is 5.87. The predicted octanol–water partition coefficient (Wildman–Crippen LogP) is 3.33. The van der Waals surface area contributed by atoms with Gasteiger partial charge in [-0.25, -0.2) is 0 Å². The number of hydrogen-bond donors (Lipinski definition) is 2. The molecule has 1 aromatic carbocycles. The van der Waals surface area contributed by atoms with Gasteiger partial charge in [0.05, 0.1) is 5.69 Å². The van der Waals surface area contributed by atoms with E-state index in [4.69, 9.17) is 0 Å². The summed E-state index contributed by atoms with van der Waals surface area (Å²) in [5, 5.41) is 12.8. The van der Waals surface area contributed by atoms with E-state index in [-0.39, 0.29) is 0 Å². The lowest BCUT2D eigenvalue weighted by molar-refractivity contribution is 0.208. The molecule has 1 aliphatic rings. The quantitative estimate of drug-likeness (QED) is 0.862. The van der Waals surface area contributed by atoms with Crippen molar-refractivity contribution in [2.24, 2.45) is 5.92 Å². The first kappa shape index (κ1) is 15.8. The van der Waals surface area contributed by atoms with Gasteiger partial charge in [-0.2, -0.15) is 0 Å². The Labute approximate surface area is 130 Å². The third-order valence-corrected chi connectivity index (χ3v) is 4.74. The van der Waals surface area contributed by atoms with Crippen LogP contribution >= 0.6 is 15.9 Å². The summed E-state index contributed by atoms with van der Waals surface area (Å²) in [7, 11) is 0. The second kappa shape index (κ2) is 7.43. The fourth-order valence-corrected chi connectivity index (χ4v) is 3.55. The Hall–Kier alpha value is -0.580. The van der Waals surface area contributed by atoms with Gasteiger partial charge in [0.25, 0.3) is 0 Å². The predicted molar refractivity (Wildman–Crippen MR) is 88.3 cm³/mol. The van der Waals surface area contributed by atoms with Crippen LogP contribution in [0.4, 0.5) is 5.69 Å². The Balaban J connectivity index is 2.13. The topological polar surface area (TPSA) is 35.5 Å². The normalized spacial score (nSPS) is 21.0. The van der Waals surface area contributed by atoms with Gasteiger partial charge in [-0.05, 0) is 65.9 Å². The van der Waals surface area contributed by atoms with E-state index in [2.05, 4.69) is 58.2 Å². The van der Waals surface area contributed by atoms with Crippen molar-refractivity contribution in [3.63, 3.8) is 0 Å². The van der Waals surface area contributed by atoms with Gasteiger partial charge in [0.15, 0.2) is 0 Å². The molecule has 3 nitrogen and oxygen atoms in total. The molecule has 1 heterocycles. The Morgan fingerprint density at radius 3 is 2.95 bits per heavy atom. The van der Waals surface area contributed by atoms with Crippen LogP contribution in [0.3, 0.4) is 0 Å². The van der Waals surface area contributed by atoms with E-state index >= 15 is 0 Å². The molecular weight excluding hydrogens is 316 g/mol. The lowest BCUT2D eigenvalue weighted by Gasteiger charge is -2.34. The van der Waals surface area contributed by atoms with Crippen molar-refractivity contribution < 1.29 is 5.11 Å². The highest BCUT2D eigenvalue weighted by Gasteiger charge is 2.21. The SMILES string of the molecule is CCNC(C)c1ccc(N2CCCC(CO)C2)c(Br)c1. The number of nitrogens with zero attached hydrogens (tertiary/aromatic N) is 1. The van der Waals surface area contributed by atoms with E-state index < -0.39 is 0 Å². The molecule has 20 heavy (non-hydrogen) atoms. The van der Waals surface area contributed by atoms with Gasteiger partial charge >= 0.3 is 0 Å². The molecule has 2 unspecified atom stereocenters. The van der Waals surface area contributed by atoms with E-state index in [1.54, 1.807) is 0 Å². The molecule has 0 aromatic heterocycles. The fourth-order valence-electron chi connectivity index (χ4n) is 2.91. The van der Waals surface area contributed by atoms with Crippen molar-refractivity contribution in [2.45, 2.75) is 32.7 Å². The highest BCUT2D eigenvalue weighted by atomic mass is 79.9. The van der Waals surface area contributed by atoms with Gasteiger partial charge in [0, 0.05) is 30.2 Å². The summed E-state index contributed by atoms with van der Waals surface area (Å²) in [5.41, 5.74) is 2.55. The van der Waals surface area contributed by atoms with Gasteiger partial charge in [-0.3, -0.25) is 0 Å². The summed E-state index contributed by atoms with van der Waals surface area (Å²) in [6, 6.07) is 6.99. The largest absolute Gasteiger partial charge is 0.396 e. The smallest absolute Gasteiger partial charge is 0.0510 e. The summed E-state index contributed by atoms with van der Waals surface area (Å²) < 4.78 is 1.15. The Bertz CT molecular complexity index is 438. The molecule has 0 radical (unpaired) electrons. The zero-order valence-corrected chi connectivity index (χ0v) is 14.0. The first-order valence-corrected chi connectivity index (χ1v) is 8.33. The maximum absolute atomic E-state index is 9.35. The average molecular weight is 341 g/mol. The molecule has 1 aliphatic heterocycles. The number of nitrogens with one attached hydrogen (secondary N) is 1. The van der Waals surface area contributed by atoms with Crippen molar-refractivity contribution >= 4 is 21.6 Å². The number of aliphatic hydroxyl groups excluding tert-OH is 1. The van der Waals surface area contributed by atoms with Crippen molar-refractivity contribution in [2.75, 3.05) is 31.1 Å². The minimum atomic E-state index is 0.295. The second-order valence-corrected chi connectivity index (χ2v) is 6.48. The molecule has 2 rings (SSSR count). The van der Waals surface area contributed by atoms with Crippen LogP contribution in [-0.4, -0.2) is 31.3 Å². The molecule has 112 valence electrons. The number of aliphatic hydroxyl groups is 1. The minimum Gasteiger partial charge on any atom is -0.396 e. The van der Waals surface area contributed by atoms with Crippen LogP contribution in [0, 0.1) is 5.92 Å². The van der Waals surface area contributed by atoms with Gasteiger partial charge in [0.1, 0.15) is 0 Å². The van der Waals surface area contributed by atoms with Crippen molar-refractivity contribution in [1.82, 2.24) is 5.32 Å². The molecule has 1 saturated heterocycles. The van der Waals surface area contributed by atoms with Gasteiger partial charge < -0.3 is 15.3 Å². The summed E-state index contributed by atoms with van der Waals surface area (Å²) in [6.45, 7) is 7.62. The van der Waals surface area contributed by atoms with Crippen molar-refractivity contribution in [3.8, 4) is 0 Å². The van der Waals surface area contributed by atoms with E-state index in [1.807, 2.05) is 0 Å². The first-order valence-electron chi connectivity index (χ1n) is 7.54. The van der Waals surface area contributed by atoms with Gasteiger partial charge in [-0.15, -0.1) is 0 Å². The standard InChI is InChI=1S/C16H25BrN2O/c1-3-18-12(2)14-6-7-16(15(17)9-14)19-8-4-5-13(10-19)11-20/h6-7,9,12-13,18,20H,3-5,8,10-11H2,1-2H3. The lowest BCUT2D eigenvalue weighted by Crippen LogP contribution is -2.37. The molecule has 1 aromatic rings. The molecule has 0 bridgehead atoms. The molecule has 1 fully saturated rings. The van der Waals surface area contributed by atoms with E-state index in [1.165, 1.54) is 11.3 Å². The van der Waals surface area contributed by atoms with Crippen LogP contribution in [-0.2, 0) is 0 Å². The van der Waals surface area contributed by atoms with E-state index in [0.29, 0.717) is 18.6 Å². The lowest BCUT2D eigenvalue weighted by atomic mass is 9.98. The van der Waals surface area contributed by atoms with Crippen molar-refractivity contribution in [1.29, 1.82) is 0 Å². The zero-order chi connectivity index (χ0) is 14.5. The molecule has 0 spiro atoms. The summed E-state index contributed by atoms with van der Waals surface area (Å²) >= 11 is 3.71. The third kappa shape index (κ3) is 3.74. The summed E-state index contributed by atoms with van der Waals surface area (Å²) in [5.74, 6) is 0.413. The van der Waals surface area contributed by atoms with Gasteiger partial charge in [0.2, 0.25) is 0 Å². The second-order valence-electron chi connectivity index (χ2n) is 5.63. The summed E-state index contributed by atoms with van der Waals surface area (Å²) in [4.78, 5) is 2.39. The van der Waals surface area contributed by atoms with Crippen LogP contribution in [0.2, 0.25) is 0 Å².